The Kier molecular flexibility index (Phi) is 4.94. The highest BCUT2D eigenvalue weighted by Gasteiger charge is 1.86. The number of rotatable bonds is 2. The summed E-state index contributed by atoms with van der Waals surface area (Å²) in [6, 6.07) is 9.48. The van der Waals surface area contributed by atoms with Crippen LogP contribution in [0.1, 0.15) is 5.56 Å². The Balaban J connectivity index is 0.000000810. The van der Waals surface area contributed by atoms with Crippen molar-refractivity contribution in [2.45, 2.75) is 6.61 Å². The van der Waals surface area contributed by atoms with Crippen molar-refractivity contribution in [3.8, 4) is 0 Å². The first-order chi connectivity index (χ1) is 4.43. The van der Waals surface area contributed by atoms with Gasteiger partial charge in [0.05, 0.1) is 0 Å². The molecule has 1 aromatic rings. The summed E-state index contributed by atoms with van der Waals surface area (Å²) in [5.41, 5.74) is 0.972. The van der Waals surface area contributed by atoms with Gasteiger partial charge >= 0.3 is 0 Å². The van der Waals surface area contributed by atoms with E-state index < -0.39 is 0 Å². The van der Waals surface area contributed by atoms with E-state index in [1.165, 1.54) is 0 Å². The first kappa shape index (κ1) is 9.43. The number of benzene rings is 1. The van der Waals surface area contributed by atoms with Crippen molar-refractivity contribution in [1.29, 1.82) is 0 Å². The Bertz CT molecular complexity index is 165. The van der Waals surface area contributed by atoms with Crippen LogP contribution in [0.3, 0.4) is 0 Å². The second-order valence-corrected chi connectivity index (χ2v) is 1.76. The summed E-state index contributed by atoms with van der Waals surface area (Å²) in [6.45, 7) is 0.265. The molecule has 1 rings (SSSR count). The predicted octanol–water partition coefficient (Wildman–Crippen LogP) is 2.10. The van der Waals surface area contributed by atoms with Gasteiger partial charge in [-0.1, -0.05) is 30.3 Å². The first-order valence-electron chi connectivity index (χ1n) is 2.74. The maximum atomic E-state index is 8.02. The van der Waals surface area contributed by atoms with Gasteiger partial charge in [0.1, 0.15) is 6.61 Å². The van der Waals surface area contributed by atoms with Gasteiger partial charge in [0, 0.05) is 0 Å². The molecular weight excluding hydrogens is 152 g/mol. The van der Waals surface area contributed by atoms with Gasteiger partial charge in [0.15, 0.2) is 0 Å². The molecule has 0 heterocycles. The molecule has 0 spiro atoms. The van der Waals surface area contributed by atoms with Gasteiger partial charge in [0.25, 0.3) is 0 Å². The van der Waals surface area contributed by atoms with E-state index >= 15 is 0 Å². The molecule has 0 saturated carbocycles. The van der Waals surface area contributed by atoms with Gasteiger partial charge in [-0.15, -0.1) is 12.4 Å². The summed E-state index contributed by atoms with van der Waals surface area (Å²) in [5.74, 6) is 0. The van der Waals surface area contributed by atoms with Crippen molar-refractivity contribution in [2.24, 2.45) is 0 Å². The lowest BCUT2D eigenvalue weighted by atomic mass is 10.2. The van der Waals surface area contributed by atoms with E-state index in [4.69, 9.17) is 5.26 Å². The Morgan fingerprint density at radius 2 is 1.80 bits per heavy atom. The zero-order chi connectivity index (χ0) is 6.53. The fourth-order valence-corrected chi connectivity index (χ4v) is 0.649. The third-order valence-corrected chi connectivity index (χ3v) is 1.07. The molecule has 0 atom stereocenters. The maximum Gasteiger partial charge on any atom is 0.107 e. The van der Waals surface area contributed by atoms with E-state index in [1.54, 1.807) is 0 Å². The van der Waals surface area contributed by atoms with Crippen LogP contribution in [0.2, 0.25) is 0 Å². The molecule has 3 heteroatoms. The normalized spacial score (nSPS) is 8.50. The molecule has 0 saturated heterocycles. The molecule has 10 heavy (non-hydrogen) atoms. The zero-order valence-electron chi connectivity index (χ0n) is 5.36. The van der Waals surface area contributed by atoms with Crippen molar-refractivity contribution in [3.05, 3.63) is 35.9 Å². The van der Waals surface area contributed by atoms with Gasteiger partial charge in [0.2, 0.25) is 0 Å². The molecule has 1 aromatic carbocycles. The Labute approximate surface area is 65.8 Å². The first-order valence-corrected chi connectivity index (χ1v) is 2.74. The van der Waals surface area contributed by atoms with Crippen molar-refractivity contribution < 1.29 is 10.1 Å². The fraction of sp³-hybridized carbons (Fsp3) is 0.143. The molecule has 2 nitrogen and oxygen atoms in total. The average Bonchev–Trinajstić information content (AvgIpc) is 1.91. The topological polar surface area (TPSA) is 29.5 Å². The second-order valence-electron chi connectivity index (χ2n) is 1.76. The lowest BCUT2D eigenvalue weighted by Gasteiger charge is -1.93. The summed E-state index contributed by atoms with van der Waals surface area (Å²) in [7, 11) is 0. The molecule has 0 bridgehead atoms. The fourth-order valence-electron chi connectivity index (χ4n) is 0.649. The average molecular weight is 161 g/mol. The standard InChI is InChI=1S/C7H8O2.ClH/c8-9-6-7-4-2-1-3-5-7;/h1-5,8H,6H2;1H. The van der Waals surface area contributed by atoms with Crippen LogP contribution in [0.15, 0.2) is 30.3 Å². The highest BCUT2D eigenvalue weighted by Crippen LogP contribution is 1.98. The Morgan fingerprint density at radius 3 is 2.30 bits per heavy atom. The molecule has 0 radical (unpaired) electrons. The SMILES string of the molecule is Cl.OOCc1ccccc1. The van der Waals surface area contributed by atoms with Crippen LogP contribution in [-0.4, -0.2) is 5.26 Å². The van der Waals surface area contributed by atoms with Gasteiger partial charge in [-0.2, -0.15) is 0 Å². The van der Waals surface area contributed by atoms with Crippen molar-refractivity contribution >= 4 is 12.4 Å². The van der Waals surface area contributed by atoms with E-state index in [9.17, 15) is 0 Å². The predicted molar refractivity (Wildman–Crippen MR) is 41.1 cm³/mol. The van der Waals surface area contributed by atoms with Crippen LogP contribution in [0.5, 0.6) is 0 Å². The molecule has 0 aliphatic carbocycles. The van der Waals surface area contributed by atoms with Crippen LogP contribution < -0.4 is 0 Å². The highest BCUT2D eigenvalue weighted by molar-refractivity contribution is 5.85. The van der Waals surface area contributed by atoms with Crippen LogP contribution >= 0.6 is 12.4 Å². The number of hydrogen-bond donors (Lipinski definition) is 1. The van der Waals surface area contributed by atoms with E-state index in [1.807, 2.05) is 30.3 Å². The summed E-state index contributed by atoms with van der Waals surface area (Å²) in [6.07, 6.45) is 0. The summed E-state index contributed by atoms with van der Waals surface area (Å²) < 4.78 is 0. The summed E-state index contributed by atoms with van der Waals surface area (Å²) in [5, 5.41) is 8.02. The molecule has 0 fully saturated rings. The smallest absolute Gasteiger partial charge is 0.107 e. The lowest BCUT2D eigenvalue weighted by Crippen LogP contribution is -1.84. The van der Waals surface area contributed by atoms with Gasteiger partial charge in [-0.3, -0.25) is 5.26 Å². The Morgan fingerprint density at radius 1 is 1.20 bits per heavy atom. The minimum Gasteiger partial charge on any atom is -0.251 e. The number of halogens is 1. The van der Waals surface area contributed by atoms with E-state index in [2.05, 4.69) is 4.89 Å². The van der Waals surface area contributed by atoms with Gasteiger partial charge < -0.3 is 0 Å². The lowest BCUT2D eigenvalue weighted by molar-refractivity contribution is -0.253. The largest absolute Gasteiger partial charge is 0.251 e. The number of hydrogen-bond acceptors (Lipinski definition) is 2. The quantitative estimate of drug-likeness (QED) is 0.531. The Hall–Kier alpha value is -0.570. The third kappa shape index (κ3) is 2.82. The molecule has 0 aromatic heterocycles. The molecule has 0 amide bonds. The maximum absolute atomic E-state index is 8.02. The van der Waals surface area contributed by atoms with Gasteiger partial charge in [-0.05, 0) is 5.56 Å². The highest BCUT2D eigenvalue weighted by atomic mass is 35.5. The summed E-state index contributed by atoms with van der Waals surface area (Å²) in [4.78, 5) is 3.93. The molecule has 56 valence electrons. The monoisotopic (exact) mass is 160 g/mol. The van der Waals surface area contributed by atoms with Gasteiger partial charge in [-0.25, -0.2) is 4.89 Å². The summed E-state index contributed by atoms with van der Waals surface area (Å²) >= 11 is 0. The molecule has 0 aliphatic heterocycles. The molecule has 0 unspecified atom stereocenters. The minimum absolute atomic E-state index is 0. The van der Waals surface area contributed by atoms with Crippen LogP contribution in [0.4, 0.5) is 0 Å². The van der Waals surface area contributed by atoms with Crippen molar-refractivity contribution in [1.82, 2.24) is 0 Å². The molecule has 1 N–H and O–H groups in total. The zero-order valence-corrected chi connectivity index (χ0v) is 6.17. The van der Waals surface area contributed by atoms with E-state index in [0.717, 1.165) is 5.56 Å². The van der Waals surface area contributed by atoms with Crippen molar-refractivity contribution in [3.63, 3.8) is 0 Å². The van der Waals surface area contributed by atoms with Crippen LogP contribution in [0, 0.1) is 0 Å². The third-order valence-electron chi connectivity index (χ3n) is 1.07. The second kappa shape index (κ2) is 5.23. The van der Waals surface area contributed by atoms with E-state index in [0.29, 0.717) is 0 Å². The molecule has 0 aliphatic rings. The van der Waals surface area contributed by atoms with E-state index in [-0.39, 0.29) is 19.0 Å². The van der Waals surface area contributed by atoms with Crippen LogP contribution in [0.25, 0.3) is 0 Å². The van der Waals surface area contributed by atoms with Crippen molar-refractivity contribution in [2.75, 3.05) is 0 Å². The minimum atomic E-state index is 0. The molecular formula is C7H9ClO2. The van der Waals surface area contributed by atoms with Crippen LogP contribution in [-0.2, 0) is 11.5 Å².